The van der Waals surface area contributed by atoms with Gasteiger partial charge in [0.15, 0.2) is 0 Å². The predicted molar refractivity (Wildman–Crippen MR) is 254 cm³/mol. The maximum atomic E-state index is 9.37. The molecule has 0 aliphatic rings. The highest BCUT2D eigenvalue weighted by Crippen LogP contribution is 2.05. The van der Waals surface area contributed by atoms with Gasteiger partial charge in [-0.2, -0.15) is 0 Å². The lowest BCUT2D eigenvalue weighted by atomic mass is 10.1. The van der Waals surface area contributed by atoms with E-state index in [9.17, 15) is 5.21 Å². The van der Waals surface area contributed by atoms with E-state index in [-0.39, 0.29) is 7.43 Å². The van der Waals surface area contributed by atoms with E-state index in [0.717, 1.165) is 80.9 Å². The molecule has 16 nitrogen and oxygen atoms in total. The number of anilines is 2. The van der Waals surface area contributed by atoms with Gasteiger partial charge >= 0.3 is 0 Å². The molecule has 344 valence electrons. The van der Waals surface area contributed by atoms with Crippen LogP contribution < -0.4 is 20.9 Å². The van der Waals surface area contributed by atoms with E-state index in [4.69, 9.17) is 16.7 Å². The lowest BCUT2D eigenvalue weighted by Gasteiger charge is -2.09. The fourth-order valence-corrected chi connectivity index (χ4v) is 5.11. The molecule has 0 unspecified atom stereocenters. The van der Waals surface area contributed by atoms with Crippen molar-refractivity contribution in [2.45, 2.75) is 75.1 Å². The summed E-state index contributed by atoms with van der Waals surface area (Å²) in [6.07, 6.45) is 12.0. The number of hydrogen-bond donors (Lipinski definition) is 4. The van der Waals surface area contributed by atoms with Gasteiger partial charge in [0.25, 0.3) is 0 Å². The van der Waals surface area contributed by atoms with Crippen LogP contribution in [-0.2, 0) is 26.2 Å². The molecule has 0 amide bonds. The second-order valence-electron chi connectivity index (χ2n) is 15.8. The van der Waals surface area contributed by atoms with E-state index in [0.29, 0.717) is 11.8 Å². The number of aryl methyl sites for hydroxylation is 6. The minimum atomic E-state index is 0. The second-order valence-corrected chi connectivity index (χ2v) is 15.8. The third kappa shape index (κ3) is 28.1. The van der Waals surface area contributed by atoms with Crippen LogP contribution in [-0.4, -0.2) is 116 Å². The quantitative estimate of drug-likeness (QED) is 0.112. The van der Waals surface area contributed by atoms with Crippen LogP contribution in [0, 0.1) is 41.5 Å². The van der Waals surface area contributed by atoms with E-state index in [1.165, 1.54) is 11.1 Å². The summed E-state index contributed by atoms with van der Waals surface area (Å²) in [5.41, 5.74) is 20.5. The summed E-state index contributed by atoms with van der Waals surface area (Å²) in [6.45, 7) is 15.3. The highest BCUT2D eigenvalue weighted by molar-refractivity contribution is 5.30. The van der Waals surface area contributed by atoms with Crippen molar-refractivity contribution in [3.8, 4) is 0 Å². The van der Waals surface area contributed by atoms with E-state index in [2.05, 4.69) is 57.6 Å². The molecule has 63 heavy (non-hydrogen) atoms. The number of nitrogens with two attached hydrogens (primary N) is 2. The molecule has 0 spiro atoms. The van der Waals surface area contributed by atoms with Crippen molar-refractivity contribution in [3.05, 3.63) is 154 Å². The van der Waals surface area contributed by atoms with Gasteiger partial charge in [0.1, 0.15) is 11.6 Å². The van der Waals surface area contributed by atoms with Gasteiger partial charge < -0.3 is 26.2 Å². The Balaban J connectivity index is 0.000000734. The molecule has 16 heteroatoms. The third-order valence-electron chi connectivity index (χ3n) is 7.91. The van der Waals surface area contributed by atoms with Crippen LogP contribution in [0.3, 0.4) is 0 Å². The Morgan fingerprint density at radius 2 is 1.06 bits per heavy atom. The highest BCUT2D eigenvalue weighted by Gasteiger charge is 2.10. The van der Waals surface area contributed by atoms with Gasteiger partial charge in [0.2, 0.25) is 30.2 Å². The van der Waals surface area contributed by atoms with Gasteiger partial charge in [-0.05, 0) is 157 Å². The molecule has 6 rings (SSSR count). The molecular weight excluding hydrogens is 793 g/mol. The topological polar surface area (TPSA) is 191 Å². The van der Waals surface area contributed by atoms with Gasteiger partial charge in [-0.1, -0.05) is 7.43 Å². The molecule has 0 aliphatic heterocycles. The fourth-order valence-electron chi connectivity index (χ4n) is 5.11. The summed E-state index contributed by atoms with van der Waals surface area (Å²) in [4.78, 5) is 32.2. The number of aromatic nitrogens is 8. The summed E-state index contributed by atoms with van der Waals surface area (Å²) in [5, 5.41) is 18.5. The zero-order valence-electron chi connectivity index (χ0n) is 39.5. The molecule has 0 saturated heterocycles. The maximum Gasteiger partial charge on any atom is 0.248 e. The summed E-state index contributed by atoms with van der Waals surface area (Å²) in [7, 11) is 16.1. The van der Waals surface area contributed by atoms with Crippen LogP contribution in [0.25, 0.3) is 0 Å². The molecule has 0 atom stereocenters. The zero-order valence-corrected chi connectivity index (χ0v) is 39.5. The largest absolute Gasteiger partial charge is 0.384 e. The molecule has 0 bridgehead atoms. The van der Waals surface area contributed by atoms with Gasteiger partial charge in [0, 0.05) is 82.5 Å². The number of nitrogens with zero attached hydrogens (tertiary/aromatic N) is 12. The first-order chi connectivity index (χ1) is 29.1. The number of rotatable bonds is 8. The number of hydrogen-bond acceptors (Lipinski definition) is 14. The minimum Gasteiger partial charge on any atom is -0.384 e. The standard InChI is InChI=1S/2C9H15N2O.C9H14N2.C8H13N3.C6H8N2.C5H7N3.CH4/c1-8-4-5-11(12)7-9(8)6-10(2)3;1-8-4-5-11(12)9(6-8)7-10(2)3;1-8-4-5-10-9(6-8)7-11(2)3;1-7-4-5-9-8(10-7)6-11(2)3;1-5-2-3-8-6(7)4-5;1-4-2-3-7-5(6)8-4;/h4-5,7,12H,6H2,1-3H3;4-6,12H,7H2,1-3H3;4-6H,7H2,1-3H3;4-5H,6H2,1-3H3;2-4H,1H3,(H2,7,8);2-3H,1H3,(H2,6,7,8);1H4/q2*+1;;;;;. The van der Waals surface area contributed by atoms with E-state index in [1.54, 1.807) is 43.2 Å². The van der Waals surface area contributed by atoms with Crippen molar-refractivity contribution in [1.82, 2.24) is 49.5 Å². The molecular formula is C47H76N14O2+2. The van der Waals surface area contributed by atoms with Crippen LogP contribution in [0.2, 0.25) is 0 Å². The molecule has 0 radical (unpaired) electrons. The Labute approximate surface area is 377 Å². The molecule has 0 aliphatic carbocycles. The first-order valence-corrected chi connectivity index (χ1v) is 20.1. The van der Waals surface area contributed by atoms with Crippen LogP contribution in [0.4, 0.5) is 11.8 Å². The molecule has 0 fully saturated rings. The van der Waals surface area contributed by atoms with Crippen molar-refractivity contribution in [3.63, 3.8) is 0 Å². The van der Waals surface area contributed by atoms with E-state index < -0.39 is 0 Å². The summed E-state index contributed by atoms with van der Waals surface area (Å²) >= 11 is 0. The van der Waals surface area contributed by atoms with Gasteiger partial charge in [-0.25, -0.2) is 24.9 Å². The molecule has 6 heterocycles. The van der Waals surface area contributed by atoms with Gasteiger partial charge in [-0.15, -0.1) is 0 Å². The predicted octanol–water partition coefficient (Wildman–Crippen LogP) is 5.44. The van der Waals surface area contributed by atoms with Crippen LogP contribution >= 0.6 is 0 Å². The van der Waals surface area contributed by atoms with Crippen molar-refractivity contribution < 1.29 is 19.9 Å². The lowest BCUT2D eigenvalue weighted by molar-refractivity contribution is -0.910. The summed E-state index contributed by atoms with van der Waals surface area (Å²) in [5.74, 6) is 1.81. The van der Waals surface area contributed by atoms with Crippen molar-refractivity contribution in [2.24, 2.45) is 0 Å². The third-order valence-corrected chi connectivity index (χ3v) is 7.91. The smallest absolute Gasteiger partial charge is 0.248 e. The Morgan fingerprint density at radius 3 is 1.54 bits per heavy atom. The average Bonchev–Trinajstić information content (AvgIpc) is 3.15. The first kappa shape index (κ1) is 56.8. The highest BCUT2D eigenvalue weighted by atomic mass is 16.5. The van der Waals surface area contributed by atoms with Crippen molar-refractivity contribution >= 4 is 11.8 Å². The van der Waals surface area contributed by atoms with Gasteiger partial charge in [0.05, 0.1) is 18.8 Å². The Morgan fingerprint density at radius 1 is 0.540 bits per heavy atom. The number of nitrogen functional groups attached to an aromatic ring is 2. The molecule has 6 N–H and O–H groups in total. The summed E-state index contributed by atoms with van der Waals surface area (Å²) < 4.78 is 2.25. The molecule has 6 aromatic rings. The van der Waals surface area contributed by atoms with E-state index >= 15 is 0 Å². The molecule has 0 saturated carbocycles. The molecule has 0 aromatic carbocycles. The van der Waals surface area contributed by atoms with Crippen molar-refractivity contribution in [1.29, 1.82) is 0 Å². The Bertz CT molecular complexity index is 1980. The Hall–Kier alpha value is -6.20. The fraction of sp³-hybridized carbons (Fsp3) is 0.404. The first-order valence-electron chi connectivity index (χ1n) is 20.1. The summed E-state index contributed by atoms with van der Waals surface area (Å²) in [6, 6.07) is 17.3. The van der Waals surface area contributed by atoms with Crippen LogP contribution in [0.1, 0.15) is 63.8 Å². The monoisotopic (exact) mass is 869 g/mol. The average molecular weight is 869 g/mol. The minimum absolute atomic E-state index is 0. The zero-order chi connectivity index (χ0) is 46.8. The number of pyridine rings is 4. The SMILES string of the molecule is C.Cc1cc[n+](O)c(CN(C)C)c1.Cc1cc[n+](O)cc1CN(C)C.Cc1ccnc(CN(C)C)c1.Cc1ccnc(CN(C)C)n1.Cc1ccnc(N)c1.Cc1ccnc(N)n1. The van der Waals surface area contributed by atoms with Crippen LogP contribution in [0.5, 0.6) is 0 Å². The van der Waals surface area contributed by atoms with Crippen molar-refractivity contribution in [2.75, 3.05) is 67.8 Å². The Kier molecular flexibility index (Phi) is 27.7. The second kappa shape index (κ2) is 30.8. The van der Waals surface area contributed by atoms with Crippen LogP contribution in [0.15, 0.2) is 98.0 Å². The maximum absolute atomic E-state index is 9.37. The van der Waals surface area contributed by atoms with E-state index in [1.807, 2.05) is 145 Å². The molecule has 6 aromatic heterocycles. The lowest BCUT2D eigenvalue weighted by Crippen LogP contribution is -2.37. The normalized spacial score (nSPS) is 10.1. The van der Waals surface area contributed by atoms with Gasteiger partial charge in [-0.3, -0.25) is 20.3 Å².